The van der Waals surface area contributed by atoms with E-state index < -0.39 is 0 Å². The zero-order valence-corrected chi connectivity index (χ0v) is 15.5. The molecular weight excluding hydrogens is 330 g/mol. The van der Waals surface area contributed by atoms with Crippen molar-refractivity contribution in [3.8, 4) is 0 Å². The van der Waals surface area contributed by atoms with Crippen molar-refractivity contribution in [3.63, 3.8) is 0 Å². The van der Waals surface area contributed by atoms with Gasteiger partial charge in [0.2, 0.25) is 0 Å². The third-order valence-corrected chi connectivity index (χ3v) is 5.17. The fourth-order valence-electron chi connectivity index (χ4n) is 3.49. The van der Waals surface area contributed by atoms with Crippen LogP contribution in [0.1, 0.15) is 31.3 Å². The van der Waals surface area contributed by atoms with Gasteiger partial charge in [-0.2, -0.15) is 0 Å². The maximum absolute atomic E-state index is 13.2. The molecule has 1 amide bonds. The van der Waals surface area contributed by atoms with Crippen LogP contribution in [0.5, 0.6) is 0 Å². The van der Waals surface area contributed by atoms with Crippen molar-refractivity contribution in [3.05, 3.63) is 36.2 Å². The molecule has 0 bridgehead atoms. The predicted molar refractivity (Wildman–Crippen MR) is 99.3 cm³/mol. The van der Waals surface area contributed by atoms with Crippen LogP contribution < -0.4 is 10.2 Å². The number of carbonyl (C=O) groups is 1. The second-order valence-corrected chi connectivity index (χ2v) is 8.03. The molecule has 0 radical (unpaired) electrons. The molecule has 1 atom stereocenters. The number of benzene rings is 1. The predicted octanol–water partition coefficient (Wildman–Crippen LogP) is 2.41. The number of aromatic nitrogens is 3. The fourth-order valence-corrected chi connectivity index (χ4v) is 3.49. The van der Waals surface area contributed by atoms with Crippen molar-refractivity contribution in [2.24, 2.45) is 11.3 Å². The highest BCUT2D eigenvalue weighted by molar-refractivity contribution is 6.07. The molecule has 2 aliphatic heterocycles. The van der Waals surface area contributed by atoms with E-state index in [4.69, 9.17) is 4.74 Å². The molecule has 2 aromatic rings. The molecule has 1 unspecified atom stereocenters. The van der Waals surface area contributed by atoms with Crippen LogP contribution in [0, 0.1) is 11.3 Å². The fraction of sp³-hybridized carbons (Fsp3) is 0.526. The van der Waals surface area contributed by atoms with Crippen molar-refractivity contribution >= 4 is 17.3 Å². The molecule has 138 valence electrons. The van der Waals surface area contributed by atoms with Gasteiger partial charge < -0.3 is 15.0 Å². The molecule has 1 aromatic heterocycles. The van der Waals surface area contributed by atoms with Gasteiger partial charge in [-0.3, -0.25) is 9.48 Å². The average Bonchev–Trinajstić information content (AvgIpc) is 3.07. The number of ether oxygens (including phenoxy) is 1. The van der Waals surface area contributed by atoms with Crippen LogP contribution in [0.3, 0.4) is 0 Å². The van der Waals surface area contributed by atoms with Crippen LogP contribution in [0.4, 0.5) is 11.4 Å². The number of amides is 1. The third-order valence-electron chi connectivity index (χ3n) is 5.17. The molecule has 3 heterocycles. The first-order valence-electron chi connectivity index (χ1n) is 9.10. The molecule has 1 aromatic carbocycles. The highest BCUT2D eigenvalue weighted by atomic mass is 16.5. The zero-order chi connectivity index (χ0) is 18.3. The first-order chi connectivity index (χ1) is 12.5. The van der Waals surface area contributed by atoms with Crippen molar-refractivity contribution in [2.75, 3.05) is 30.0 Å². The minimum Gasteiger partial charge on any atom is -0.380 e. The standard InChI is InChI=1S/C19H25N5O2/c1-13(2)15-9-24(17-7-5-4-6-14(17)20-15)18(25)16-8-23(22-21-16)10-19(3)11-26-12-19/h4-8,13,15,20H,9-12H2,1-3H3. The number of hydrogen-bond donors (Lipinski definition) is 1. The van der Waals surface area contributed by atoms with Crippen molar-refractivity contribution in [2.45, 2.75) is 33.4 Å². The van der Waals surface area contributed by atoms with Gasteiger partial charge in [0.1, 0.15) is 0 Å². The highest BCUT2D eigenvalue weighted by Crippen LogP contribution is 2.33. The SMILES string of the molecule is CC(C)C1CN(C(=O)c2cn(CC3(C)COC3)nn2)c2ccccc2N1. The number of nitrogens with one attached hydrogen (secondary N) is 1. The molecule has 0 saturated carbocycles. The van der Waals surface area contributed by atoms with E-state index in [9.17, 15) is 4.79 Å². The normalized spacial score (nSPS) is 21.1. The van der Waals surface area contributed by atoms with Crippen LogP contribution in [0.25, 0.3) is 0 Å². The summed E-state index contributed by atoms with van der Waals surface area (Å²) in [5.41, 5.74) is 2.34. The summed E-state index contributed by atoms with van der Waals surface area (Å²) in [5.74, 6) is 0.304. The minimum absolute atomic E-state index is 0.0817. The van der Waals surface area contributed by atoms with Gasteiger partial charge in [0.25, 0.3) is 5.91 Å². The second kappa shape index (κ2) is 6.39. The topological polar surface area (TPSA) is 72.3 Å². The van der Waals surface area contributed by atoms with Crippen LogP contribution in [-0.4, -0.2) is 46.7 Å². The lowest BCUT2D eigenvalue weighted by atomic mass is 9.89. The van der Waals surface area contributed by atoms with Gasteiger partial charge in [-0.15, -0.1) is 5.10 Å². The van der Waals surface area contributed by atoms with Crippen LogP contribution >= 0.6 is 0 Å². The van der Waals surface area contributed by atoms with Gasteiger partial charge in [-0.1, -0.05) is 38.1 Å². The van der Waals surface area contributed by atoms with E-state index in [-0.39, 0.29) is 17.4 Å². The Balaban J connectivity index is 1.58. The molecule has 2 aliphatic rings. The summed E-state index contributed by atoms with van der Waals surface area (Å²) < 4.78 is 7.04. The van der Waals surface area contributed by atoms with Crippen molar-refractivity contribution < 1.29 is 9.53 Å². The van der Waals surface area contributed by atoms with E-state index in [1.165, 1.54) is 0 Å². The molecule has 1 fully saturated rings. The zero-order valence-electron chi connectivity index (χ0n) is 15.5. The van der Waals surface area contributed by atoms with E-state index in [1.807, 2.05) is 29.2 Å². The summed E-state index contributed by atoms with van der Waals surface area (Å²) >= 11 is 0. The Bertz CT molecular complexity index is 812. The van der Waals surface area contributed by atoms with Gasteiger partial charge >= 0.3 is 0 Å². The van der Waals surface area contributed by atoms with Crippen molar-refractivity contribution in [1.82, 2.24) is 15.0 Å². The minimum atomic E-state index is -0.106. The lowest BCUT2D eigenvalue weighted by molar-refractivity contribution is -0.111. The first-order valence-corrected chi connectivity index (χ1v) is 9.10. The average molecular weight is 355 g/mol. The van der Waals surface area contributed by atoms with E-state index in [2.05, 4.69) is 36.4 Å². The van der Waals surface area contributed by atoms with E-state index in [1.54, 1.807) is 10.9 Å². The van der Waals surface area contributed by atoms with Crippen LogP contribution in [0.15, 0.2) is 30.5 Å². The number of anilines is 2. The number of para-hydroxylation sites is 2. The van der Waals surface area contributed by atoms with Gasteiger partial charge in [0, 0.05) is 18.0 Å². The maximum Gasteiger partial charge on any atom is 0.280 e. The Morgan fingerprint density at radius 3 is 2.85 bits per heavy atom. The molecule has 7 heteroatoms. The van der Waals surface area contributed by atoms with Crippen LogP contribution in [0.2, 0.25) is 0 Å². The molecular formula is C19H25N5O2. The lowest BCUT2D eigenvalue weighted by Gasteiger charge is -2.37. The van der Waals surface area contributed by atoms with Crippen molar-refractivity contribution in [1.29, 1.82) is 0 Å². The smallest absolute Gasteiger partial charge is 0.280 e. The summed E-state index contributed by atoms with van der Waals surface area (Å²) in [5, 5.41) is 11.8. The summed E-state index contributed by atoms with van der Waals surface area (Å²) in [6.07, 6.45) is 1.75. The second-order valence-electron chi connectivity index (χ2n) is 8.03. The molecule has 1 N–H and O–H groups in total. The maximum atomic E-state index is 13.2. The molecule has 1 saturated heterocycles. The van der Waals surface area contributed by atoms with Gasteiger partial charge in [-0.25, -0.2) is 0 Å². The quantitative estimate of drug-likeness (QED) is 0.912. The molecule has 0 spiro atoms. The Morgan fingerprint density at radius 2 is 2.15 bits per heavy atom. The number of fused-ring (bicyclic) bond motifs is 1. The van der Waals surface area contributed by atoms with Gasteiger partial charge in [-0.05, 0) is 18.1 Å². The summed E-state index contributed by atoms with van der Waals surface area (Å²) in [6, 6.07) is 8.11. The number of hydrogen-bond acceptors (Lipinski definition) is 5. The molecule has 26 heavy (non-hydrogen) atoms. The van der Waals surface area contributed by atoms with E-state index in [0.29, 0.717) is 24.7 Å². The third kappa shape index (κ3) is 3.07. The monoisotopic (exact) mass is 355 g/mol. The highest BCUT2D eigenvalue weighted by Gasteiger charge is 2.35. The Morgan fingerprint density at radius 1 is 1.38 bits per heavy atom. The summed E-state index contributed by atoms with van der Waals surface area (Å²) in [6.45, 7) is 9.23. The molecule has 0 aliphatic carbocycles. The molecule has 4 rings (SSSR count). The Kier molecular flexibility index (Phi) is 4.19. The largest absolute Gasteiger partial charge is 0.380 e. The Hall–Kier alpha value is -2.41. The van der Waals surface area contributed by atoms with Crippen LogP contribution in [-0.2, 0) is 11.3 Å². The first kappa shape index (κ1) is 17.0. The number of nitrogens with zero attached hydrogens (tertiary/aromatic N) is 4. The summed E-state index contributed by atoms with van der Waals surface area (Å²) in [4.78, 5) is 15.0. The van der Waals surface area contributed by atoms with E-state index in [0.717, 1.165) is 24.6 Å². The summed E-state index contributed by atoms with van der Waals surface area (Å²) in [7, 11) is 0. The van der Waals surface area contributed by atoms with Gasteiger partial charge in [0.15, 0.2) is 5.69 Å². The van der Waals surface area contributed by atoms with Gasteiger partial charge in [0.05, 0.1) is 37.3 Å². The number of rotatable bonds is 4. The number of carbonyl (C=O) groups excluding carboxylic acids is 1. The lowest BCUT2D eigenvalue weighted by Crippen LogP contribution is -2.47. The Labute approximate surface area is 153 Å². The van der Waals surface area contributed by atoms with E-state index >= 15 is 0 Å². The molecule has 7 nitrogen and oxygen atoms in total.